The maximum atomic E-state index is 5.69. The van der Waals surface area contributed by atoms with E-state index in [0.717, 1.165) is 0 Å². The molecule has 0 rings (SSSR count). The summed E-state index contributed by atoms with van der Waals surface area (Å²) >= 11 is 5.69. The van der Waals surface area contributed by atoms with Gasteiger partial charge in [-0.05, 0) is 13.0 Å². The Hall–Kier alpha value is 0.250. The first-order valence-electron chi connectivity index (χ1n) is 2.49. The van der Waals surface area contributed by atoms with Gasteiger partial charge >= 0.3 is 0 Å². The largest absolute Gasteiger partial charge is 0.304 e. The van der Waals surface area contributed by atoms with Gasteiger partial charge in [0, 0.05) is 0 Å². The van der Waals surface area contributed by atoms with Crippen molar-refractivity contribution in [2.24, 2.45) is 5.92 Å². The van der Waals surface area contributed by atoms with E-state index in [1.165, 1.54) is 0 Å². The quantitative estimate of drug-likeness (QED) is 0.431. The third kappa shape index (κ3) is 2.89. The highest BCUT2D eigenvalue weighted by molar-refractivity contribution is 6.20. The molecule has 0 unspecified atom stereocenters. The molecule has 0 aliphatic rings. The summed E-state index contributed by atoms with van der Waals surface area (Å²) in [5.74, 6) is 0.520. The summed E-state index contributed by atoms with van der Waals surface area (Å²) in [5, 5.41) is 2.93. The van der Waals surface area contributed by atoms with Crippen molar-refractivity contribution in [3.8, 4) is 0 Å². The van der Waals surface area contributed by atoms with Gasteiger partial charge in [0.1, 0.15) is 0 Å². The van der Waals surface area contributed by atoms with Crippen LogP contribution >= 0.6 is 11.6 Å². The van der Waals surface area contributed by atoms with Crippen LogP contribution in [-0.2, 0) is 0 Å². The minimum Gasteiger partial charge on any atom is -0.304 e. The highest BCUT2D eigenvalue weighted by atomic mass is 35.5. The van der Waals surface area contributed by atoms with E-state index in [0.29, 0.717) is 5.92 Å². The van der Waals surface area contributed by atoms with Crippen molar-refractivity contribution in [2.75, 3.05) is 7.05 Å². The van der Waals surface area contributed by atoms with Crippen LogP contribution in [0, 0.1) is 5.92 Å². The van der Waals surface area contributed by atoms with Crippen LogP contribution in [0.3, 0.4) is 0 Å². The van der Waals surface area contributed by atoms with E-state index in [1.807, 2.05) is 7.05 Å². The van der Waals surface area contributed by atoms with Crippen LogP contribution < -0.4 is 5.32 Å². The van der Waals surface area contributed by atoms with Gasteiger partial charge in [-0.3, -0.25) is 0 Å². The lowest BCUT2D eigenvalue weighted by Gasteiger charge is -2.09. The first-order chi connectivity index (χ1) is 3.18. The van der Waals surface area contributed by atoms with E-state index in [9.17, 15) is 0 Å². The summed E-state index contributed by atoms with van der Waals surface area (Å²) < 4.78 is 0. The fourth-order valence-electron chi connectivity index (χ4n) is 0.333. The third-order valence-electron chi connectivity index (χ3n) is 0.861. The molecule has 7 heavy (non-hydrogen) atoms. The van der Waals surface area contributed by atoms with Crippen molar-refractivity contribution >= 4 is 11.6 Å². The molecule has 0 spiro atoms. The topological polar surface area (TPSA) is 12.0 Å². The van der Waals surface area contributed by atoms with E-state index < -0.39 is 0 Å². The van der Waals surface area contributed by atoms with Crippen LogP contribution in [0.5, 0.6) is 0 Å². The summed E-state index contributed by atoms with van der Waals surface area (Å²) in [5.41, 5.74) is 0.125. The molecular weight excluding hydrogens is 110 g/mol. The van der Waals surface area contributed by atoms with Crippen molar-refractivity contribution in [1.29, 1.82) is 0 Å². The van der Waals surface area contributed by atoms with Gasteiger partial charge in [0.25, 0.3) is 0 Å². The third-order valence-corrected chi connectivity index (χ3v) is 1.58. The Morgan fingerprint density at radius 3 is 1.86 bits per heavy atom. The Morgan fingerprint density at radius 1 is 1.43 bits per heavy atom. The minimum atomic E-state index is 0.125. The Labute approximate surface area is 50.1 Å². The van der Waals surface area contributed by atoms with Crippen LogP contribution in [0.1, 0.15) is 13.8 Å². The molecule has 1 atom stereocenters. The van der Waals surface area contributed by atoms with Crippen LogP contribution in [0.2, 0.25) is 0 Å². The van der Waals surface area contributed by atoms with Gasteiger partial charge < -0.3 is 5.32 Å². The Balaban J connectivity index is 3.14. The molecule has 0 saturated heterocycles. The van der Waals surface area contributed by atoms with E-state index in [2.05, 4.69) is 19.2 Å². The zero-order chi connectivity index (χ0) is 5.86. The van der Waals surface area contributed by atoms with Gasteiger partial charge in [0.15, 0.2) is 0 Å². The number of nitrogens with one attached hydrogen (secondary N) is 1. The second-order valence-electron chi connectivity index (χ2n) is 1.93. The van der Waals surface area contributed by atoms with Gasteiger partial charge in [-0.15, -0.1) is 11.6 Å². The molecule has 1 nitrogen and oxygen atoms in total. The molecule has 0 radical (unpaired) electrons. The zero-order valence-electron chi connectivity index (χ0n) is 5.03. The van der Waals surface area contributed by atoms with Crippen LogP contribution in [0.15, 0.2) is 0 Å². The number of alkyl halides is 1. The molecule has 2 heteroatoms. The van der Waals surface area contributed by atoms with Crippen molar-refractivity contribution in [3.05, 3.63) is 0 Å². The lowest BCUT2D eigenvalue weighted by Crippen LogP contribution is -2.23. The Morgan fingerprint density at radius 2 is 1.86 bits per heavy atom. The second-order valence-corrected chi connectivity index (χ2v) is 2.40. The normalized spacial score (nSPS) is 15.0. The van der Waals surface area contributed by atoms with E-state index in [1.54, 1.807) is 0 Å². The first kappa shape index (κ1) is 7.25. The second kappa shape index (κ2) is 3.28. The molecule has 0 aromatic heterocycles. The SMILES string of the molecule is CN[C@H](Cl)C(C)C. The molecule has 0 saturated carbocycles. The van der Waals surface area contributed by atoms with E-state index >= 15 is 0 Å². The maximum absolute atomic E-state index is 5.69. The van der Waals surface area contributed by atoms with Gasteiger partial charge in [-0.2, -0.15) is 0 Å². The van der Waals surface area contributed by atoms with Crippen molar-refractivity contribution in [3.63, 3.8) is 0 Å². The van der Waals surface area contributed by atoms with Gasteiger partial charge in [0.2, 0.25) is 0 Å². The summed E-state index contributed by atoms with van der Waals surface area (Å²) in [7, 11) is 1.86. The summed E-state index contributed by atoms with van der Waals surface area (Å²) in [4.78, 5) is 0. The van der Waals surface area contributed by atoms with E-state index in [-0.39, 0.29) is 5.50 Å². The maximum Gasteiger partial charge on any atom is 0.0846 e. The molecule has 44 valence electrons. The molecule has 0 aromatic carbocycles. The highest BCUT2D eigenvalue weighted by Crippen LogP contribution is 2.03. The molecule has 0 aromatic rings. The first-order valence-corrected chi connectivity index (χ1v) is 2.93. The van der Waals surface area contributed by atoms with Crippen molar-refractivity contribution in [2.45, 2.75) is 19.3 Å². The average molecular weight is 122 g/mol. The lowest BCUT2D eigenvalue weighted by atomic mass is 10.2. The van der Waals surface area contributed by atoms with Crippen molar-refractivity contribution in [1.82, 2.24) is 5.32 Å². The fraction of sp³-hybridized carbons (Fsp3) is 1.00. The average Bonchev–Trinajstić information content (AvgIpc) is 1.65. The number of halogens is 1. The zero-order valence-corrected chi connectivity index (χ0v) is 5.79. The highest BCUT2D eigenvalue weighted by Gasteiger charge is 2.03. The standard InChI is InChI=1S/C5H12ClN/c1-4(2)5(6)7-3/h4-5,7H,1-3H3/t5-/m0/s1. The van der Waals surface area contributed by atoms with E-state index in [4.69, 9.17) is 11.6 Å². The minimum absolute atomic E-state index is 0.125. The van der Waals surface area contributed by atoms with Crippen LogP contribution in [0.25, 0.3) is 0 Å². The fourth-order valence-corrected chi connectivity index (χ4v) is 0.333. The molecule has 0 aliphatic carbocycles. The number of hydrogen-bond donors (Lipinski definition) is 1. The number of rotatable bonds is 2. The molecule has 0 fully saturated rings. The Bertz CT molecular complexity index is 45.3. The van der Waals surface area contributed by atoms with Gasteiger partial charge in [-0.1, -0.05) is 13.8 Å². The van der Waals surface area contributed by atoms with Crippen LogP contribution in [0.4, 0.5) is 0 Å². The monoisotopic (exact) mass is 121 g/mol. The molecule has 0 bridgehead atoms. The van der Waals surface area contributed by atoms with Crippen LogP contribution in [-0.4, -0.2) is 12.5 Å². The summed E-state index contributed by atoms with van der Waals surface area (Å²) in [6, 6.07) is 0. The Kier molecular flexibility index (Phi) is 3.39. The molecular formula is C5H12ClN. The summed E-state index contributed by atoms with van der Waals surface area (Å²) in [6.45, 7) is 4.16. The predicted octanol–water partition coefficient (Wildman–Crippen LogP) is 1.43. The molecule has 0 amide bonds. The van der Waals surface area contributed by atoms with Gasteiger partial charge in [0.05, 0.1) is 5.50 Å². The summed E-state index contributed by atoms with van der Waals surface area (Å²) in [6.07, 6.45) is 0. The lowest BCUT2D eigenvalue weighted by molar-refractivity contribution is 0.544. The molecule has 1 N–H and O–H groups in total. The predicted molar refractivity (Wildman–Crippen MR) is 33.5 cm³/mol. The molecule has 0 heterocycles. The number of hydrogen-bond acceptors (Lipinski definition) is 1. The molecule has 0 aliphatic heterocycles. The smallest absolute Gasteiger partial charge is 0.0846 e. The van der Waals surface area contributed by atoms with Gasteiger partial charge in [-0.25, -0.2) is 0 Å². The van der Waals surface area contributed by atoms with Crippen molar-refractivity contribution < 1.29 is 0 Å².